The zero-order valence-electron chi connectivity index (χ0n) is 16.3. The minimum atomic E-state index is -1.40. The largest absolute Gasteiger partial charge is 0.489 e. The summed E-state index contributed by atoms with van der Waals surface area (Å²) in [7, 11) is 1.33. The first-order chi connectivity index (χ1) is 14.4. The first-order valence-electron chi connectivity index (χ1n) is 9.36. The van der Waals surface area contributed by atoms with E-state index in [4.69, 9.17) is 25.8 Å². The highest BCUT2D eigenvalue weighted by Crippen LogP contribution is 2.25. The van der Waals surface area contributed by atoms with Gasteiger partial charge in [0.15, 0.2) is 6.29 Å². The highest BCUT2D eigenvalue weighted by atomic mass is 35.5. The van der Waals surface area contributed by atoms with Crippen LogP contribution in [0.3, 0.4) is 0 Å². The van der Waals surface area contributed by atoms with Crippen molar-refractivity contribution in [1.82, 2.24) is 5.32 Å². The summed E-state index contributed by atoms with van der Waals surface area (Å²) in [5.41, 5.74) is 1.16. The van der Waals surface area contributed by atoms with E-state index in [0.29, 0.717) is 17.4 Å². The number of aliphatic hydroxyl groups is 3. The summed E-state index contributed by atoms with van der Waals surface area (Å²) in [4.78, 5) is 12.8. The summed E-state index contributed by atoms with van der Waals surface area (Å²) in [6, 6.07) is 13.0. The molecular weight excluding hydrogens is 414 g/mol. The normalized spacial score (nSPS) is 26.2. The van der Waals surface area contributed by atoms with Crippen LogP contribution >= 0.6 is 11.6 Å². The van der Waals surface area contributed by atoms with Gasteiger partial charge in [-0.1, -0.05) is 41.9 Å². The number of benzene rings is 2. The molecule has 4 N–H and O–H groups in total. The Balaban J connectivity index is 1.72. The van der Waals surface area contributed by atoms with Gasteiger partial charge in [-0.2, -0.15) is 0 Å². The van der Waals surface area contributed by atoms with Crippen LogP contribution in [-0.4, -0.2) is 65.6 Å². The average molecular weight is 438 g/mol. The molecule has 9 heteroatoms. The highest BCUT2D eigenvalue weighted by molar-refractivity contribution is 6.31. The van der Waals surface area contributed by atoms with Crippen LogP contribution in [-0.2, 0) is 16.1 Å². The lowest BCUT2D eigenvalue weighted by molar-refractivity contribution is -0.261. The SMILES string of the molecule is CO[C@H]1O[C@H](CO)[C@@H](O)[C@H](O)[C@H]1NC(=O)c1cc(Cl)cc(OCc2ccccc2)c1. The van der Waals surface area contributed by atoms with Crippen LogP contribution < -0.4 is 10.1 Å². The lowest BCUT2D eigenvalue weighted by Gasteiger charge is -2.41. The molecule has 1 fully saturated rings. The van der Waals surface area contributed by atoms with E-state index in [-0.39, 0.29) is 5.56 Å². The van der Waals surface area contributed by atoms with Crippen LogP contribution in [0, 0.1) is 0 Å². The number of carbonyl (C=O) groups excluding carboxylic acids is 1. The minimum absolute atomic E-state index is 0.200. The predicted octanol–water partition coefficient (Wildman–Crippen LogP) is 1.10. The van der Waals surface area contributed by atoms with E-state index in [1.54, 1.807) is 6.07 Å². The van der Waals surface area contributed by atoms with Gasteiger partial charge in [-0.25, -0.2) is 0 Å². The maximum atomic E-state index is 12.8. The third-order valence-electron chi connectivity index (χ3n) is 4.79. The Morgan fingerprint density at radius 2 is 1.90 bits per heavy atom. The van der Waals surface area contributed by atoms with Crippen LogP contribution in [0.15, 0.2) is 48.5 Å². The lowest BCUT2D eigenvalue weighted by atomic mass is 9.96. The van der Waals surface area contributed by atoms with Crippen LogP contribution in [0.25, 0.3) is 0 Å². The third kappa shape index (κ3) is 5.28. The maximum absolute atomic E-state index is 12.8. The van der Waals surface area contributed by atoms with Gasteiger partial charge in [-0.05, 0) is 23.8 Å². The van der Waals surface area contributed by atoms with E-state index in [1.807, 2.05) is 30.3 Å². The zero-order chi connectivity index (χ0) is 21.7. The Hall–Kier alpha value is -2.20. The Morgan fingerprint density at radius 3 is 2.57 bits per heavy atom. The number of hydrogen-bond donors (Lipinski definition) is 4. The van der Waals surface area contributed by atoms with Gasteiger partial charge < -0.3 is 34.8 Å². The number of aliphatic hydroxyl groups excluding tert-OH is 3. The second kappa shape index (κ2) is 10.2. The molecule has 0 radical (unpaired) electrons. The quantitative estimate of drug-likeness (QED) is 0.512. The molecule has 1 amide bonds. The number of hydrogen-bond acceptors (Lipinski definition) is 7. The van der Waals surface area contributed by atoms with Gasteiger partial charge in [-0.15, -0.1) is 0 Å². The van der Waals surface area contributed by atoms with Gasteiger partial charge in [0.1, 0.15) is 36.7 Å². The van der Waals surface area contributed by atoms with Gasteiger partial charge in [0.05, 0.1) is 6.61 Å². The van der Waals surface area contributed by atoms with Crippen molar-refractivity contribution in [2.24, 2.45) is 0 Å². The van der Waals surface area contributed by atoms with E-state index < -0.39 is 43.2 Å². The molecule has 3 rings (SSSR count). The molecule has 2 aromatic rings. The van der Waals surface area contributed by atoms with Crippen molar-refractivity contribution in [3.8, 4) is 5.75 Å². The fraction of sp³-hybridized carbons (Fsp3) is 0.381. The standard InChI is InChI=1S/C21H24ClNO7/c1-28-21-17(19(26)18(25)16(10-24)30-21)23-20(27)13-7-14(22)9-15(8-13)29-11-12-5-3-2-4-6-12/h2-9,16-19,21,24-26H,10-11H2,1H3,(H,23,27)/t16-,17-,18-,19-,21+/m1/s1. The summed E-state index contributed by atoms with van der Waals surface area (Å²) < 4.78 is 16.3. The Kier molecular flexibility index (Phi) is 7.65. The van der Waals surface area contributed by atoms with Crippen molar-refractivity contribution >= 4 is 17.5 Å². The van der Waals surface area contributed by atoms with Crippen LogP contribution in [0.4, 0.5) is 0 Å². The monoisotopic (exact) mass is 437 g/mol. The molecule has 0 spiro atoms. The van der Waals surface area contributed by atoms with Crippen molar-refractivity contribution in [2.45, 2.75) is 37.3 Å². The molecule has 30 heavy (non-hydrogen) atoms. The Labute approximate surface area is 179 Å². The number of nitrogens with one attached hydrogen (secondary N) is 1. The van der Waals surface area contributed by atoms with E-state index in [9.17, 15) is 20.1 Å². The average Bonchev–Trinajstić information content (AvgIpc) is 2.76. The molecule has 0 aromatic heterocycles. The molecule has 0 bridgehead atoms. The van der Waals surface area contributed by atoms with Gasteiger partial charge in [0.25, 0.3) is 5.91 Å². The molecular formula is C21H24ClNO7. The van der Waals surface area contributed by atoms with Crippen LogP contribution in [0.5, 0.6) is 5.75 Å². The summed E-state index contributed by atoms with van der Waals surface area (Å²) in [5, 5.41) is 32.6. The summed E-state index contributed by atoms with van der Waals surface area (Å²) in [6.45, 7) is -0.201. The van der Waals surface area contributed by atoms with Gasteiger partial charge in [-0.3, -0.25) is 4.79 Å². The Morgan fingerprint density at radius 1 is 1.17 bits per heavy atom. The molecule has 162 valence electrons. The molecule has 5 atom stereocenters. The van der Waals surface area contributed by atoms with E-state index in [0.717, 1.165) is 5.56 Å². The molecule has 0 unspecified atom stereocenters. The molecule has 1 aliphatic rings. The molecule has 8 nitrogen and oxygen atoms in total. The van der Waals surface area contributed by atoms with E-state index in [1.165, 1.54) is 19.2 Å². The second-order valence-electron chi connectivity index (χ2n) is 6.89. The lowest BCUT2D eigenvalue weighted by Crippen LogP contribution is -2.64. The molecule has 1 aliphatic heterocycles. The third-order valence-corrected chi connectivity index (χ3v) is 5.01. The number of rotatable bonds is 7. The van der Waals surface area contributed by atoms with Crippen molar-refractivity contribution in [2.75, 3.05) is 13.7 Å². The first kappa shape index (κ1) is 22.5. The zero-order valence-corrected chi connectivity index (χ0v) is 17.0. The number of carbonyl (C=O) groups is 1. The molecule has 2 aromatic carbocycles. The summed E-state index contributed by atoms with van der Waals surface area (Å²) in [5.74, 6) is -0.160. The molecule has 0 saturated carbocycles. The molecule has 1 heterocycles. The van der Waals surface area contributed by atoms with Crippen molar-refractivity contribution in [3.05, 3.63) is 64.7 Å². The topological polar surface area (TPSA) is 117 Å². The highest BCUT2D eigenvalue weighted by Gasteiger charge is 2.45. The van der Waals surface area contributed by atoms with Gasteiger partial charge in [0, 0.05) is 17.7 Å². The van der Waals surface area contributed by atoms with E-state index >= 15 is 0 Å². The number of amides is 1. The Bertz CT molecular complexity index is 849. The summed E-state index contributed by atoms with van der Waals surface area (Å²) in [6.07, 6.45) is -4.88. The van der Waals surface area contributed by atoms with Gasteiger partial charge in [0.2, 0.25) is 0 Å². The van der Waals surface area contributed by atoms with Crippen molar-refractivity contribution < 1.29 is 34.3 Å². The second-order valence-corrected chi connectivity index (χ2v) is 7.33. The smallest absolute Gasteiger partial charge is 0.251 e. The van der Waals surface area contributed by atoms with E-state index in [2.05, 4.69) is 5.32 Å². The predicted molar refractivity (Wildman–Crippen MR) is 108 cm³/mol. The number of methoxy groups -OCH3 is 1. The van der Waals surface area contributed by atoms with Crippen LogP contribution in [0.2, 0.25) is 5.02 Å². The van der Waals surface area contributed by atoms with Crippen LogP contribution in [0.1, 0.15) is 15.9 Å². The summed E-state index contributed by atoms with van der Waals surface area (Å²) >= 11 is 6.14. The number of ether oxygens (including phenoxy) is 3. The fourth-order valence-corrected chi connectivity index (χ4v) is 3.42. The maximum Gasteiger partial charge on any atom is 0.251 e. The molecule has 1 saturated heterocycles. The first-order valence-corrected chi connectivity index (χ1v) is 9.74. The van der Waals surface area contributed by atoms with Crippen molar-refractivity contribution in [3.63, 3.8) is 0 Å². The van der Waals surface area contributed by atoms with Gasteiger partial charge >= 0.3 is 0 Å². The fourth-order valence-electron chi connectivity index (χ4n) is 3.19. The number of halogens is 1. The van der Waals surface area contributed by atoms with Crippen molar-refractivity contribution in [1.29, 1.82) is 0 Å². The minimum Gasteiger partial charge on any atom is -0.489 e. The molecule has 0 aliphatic carbocycles.